The average molecular weight is 422 g/mol. The zero-order valence-electron chi connectivity index (χ0n) is 19.2. The summed E-state index contributed by atoms with van der Waals surface area (Å²) in [4.78, 5) is 39.6. The normalized spacial score (nSPS) is 12.1. The van der Waals surface area contributed by atoms with Gasteiger partial charge in [-0.1, -0.05) is 45.0 Å². The first kappa shape index (κ1) is 27.5. The molecule has 0 aliphatic carbocycles. The van der Waals surface area contributed by atoms with E-state index in [-0.39, 0.29) is 36.0 Å². The SMILES string of the molecule is COC(=O)Cc1ccc(CN[C@H](CCC(=O)OC(C)(C)C)C(C)(C)C)cc1.O=C=O. The van der Waals surface area contributed by atoms with Crippen LogP contribution >= 0.6 is 0 Å². The average Bonchev–Trinajstić information content (AvgIpc) is 2.61. The summed E-state index contributed by atoms with van der Waals surface area (Å²) in [6, 6.07) is 8.10. The van der Waals surface area contributed by atoms with Crippen molar-refractivity contribution in [1.82, 2.24) is 5.32 Å². The molecule has 0 aliphatic heterocycles. The highest BCUT2D eigenvalue weighted by atomic mass is 16.6. The largest absolute Gasteiger partial charge is 0.469 e. The van der Waals surface area contributed by atoms with E-state index in [0.29, 0.717) is 13.0 Å². The van der Waals surface area contributed by atoms with Crippen LogP contribution in [-0.4, -0.2) is 36.8 Å². The third-order valence-electron chi connectivity index (χ3n) is 4.25. The monoisotopic (exact) mass is 421 g/mol. The molecule has 7 heteroatoms. The molecule has 1 aromatic rings. The number of hydrogen-bond acceptors (Lipinski definition) is 7. The van der Waals surface area contributed by atoms with Crippen LogP contribution in [0.4, 0.5) is 0 Å². The Kier molecular flexibility index (Phi) is 11.9. The summed E-state index contributed by atoms with van der Waals surface area (Å²) in [5, 5.41) is 3.57. The Morgan fingerprint density at radius 1 is 0.967 bits per heavy atom. The molecule has 1 N–H and O–H groups in total. The van der Waals surface area contributed by atoms with Crippen molar-refractivity contribution >= 4 is 18.1 Å². The fourth-order valence-corrected chi connectivity index (χ4v) is 2.75. The molecule has 30 heavy (non-hydrogen) atoms. The summed E-state index contributed by atoms with van der Waals surface area (Å²) in [5.74, 6) is -0.401. The van der Waals surface area contributed by atoms with E-state index in [0.717, 1.165) is 17.5 Å². The van der Waals surface area contributed by atoms with E-state index in [4.69, 9.17) is 14.3 Å². The van der Waals surface area contributed by atoms with Crippen LogP contribution in [0.15, 0.2) is 24.3 Å². The number of carbonyl (C=O) groups is 2. The quantitative estimate of drug-likeness (QED) is 0.642. The van der Waals surface area contributed by atoms with Crippen molar-refractivity contribution < 1.29 is 28.7 Å². The van der Waals surface area contributed by atoms with Crippen molar-refractivity contribution in [2.75, 3.05) is 7.11 Å². The van der Waals surface area contributed by atoms with E-state index in [1.165, 1.54) is 7.11 Å². The molecule has 1 rings (SSSR count). The molecular formula is C23H35NO6. The van der Waals surface area contributed by atoms with Crippen molar-refractivity contribution in [3.63, 3.8) is 0 Å². The van der Waals surface area contributed by atoms with Gasteiger partial charge in [0.15, 0.2) is 0 Å². The highest BCUT2D eigenvalue weighted by Crippen LogP contribution is 2.24. The Labute approximate surface area is 179 Å². The molecule has 1 aromatic carbocycles. The van der Waals surface area contributed by atoms with Crippen molar-refractivity contribution in [1.29, 1.82) is 0 Å². The van der Waals surface area contributed by atoms with E-state index in [1.54, 1.807) is 0 Å². The summed E-state index contributed by atoms with van der Waals surface area (Å²) in [7, 11) is 1.39. The molecule has 0 aliphatic rings. The van der Waals surface area contributed by atoms with Crippen molar-refractivity contribution in [3.05, 3.63) is 35.4 Å². The van der Waals surface area contributed by atoms with Gasteiger partial charge in [0.1, 0.15) is 5.60 Å². The highest BCUT2D eigenvalue weighted by molar-refractivity contribution is 5.72. The van der Waals surface area contributed by atoms with Crippen molar-refractivity contribution in [2.45, 2.75) is 79.0 Å². The molecular weight excluding hydrogens is 386 g/mol. The smallest absolute Gasteiger partial charge is 0.373 e. The highest BCUT2D eigenvalue weighted by Gasteiger charge is 2.26. The van der Waals surface area contributed by atoms with Crippen molar-refractivity contribution in [3.8, 4) is 0 Å². The number of hydrogen-bond donors (Lipinski definition) is 1. The second-order valence-corrected chi connectivity index (χ2v) is 9.08. The second kappa shape index (κ2) is 12.9. The molecule has 0 fully saturated rings. The minimum Gasteiger partial charge on any atom is -0.469 e. The molecule has 0 amide bonds. The van der Waals surface area contributed by atoms with Crippen LogP contribution < -0.4 is 5.32 Å². The van der Waals surface area contributed by atoms with Gasteiger partial charge < -0.3 is 14.8 Å². The van der Waals surface area contributed by atoms with Crippen molar-refractivity contribution in [2.24, 2.45) is 5.41 Å². The zero-order chi connectivity index (χ0) is 23.4. The fraction of sp³-hybridized carbons (Fsp3) is 0.609. The number of benzene rings is 1. The summed E-state index contributed by atoms with van der Waals surface area (Å²) in [5.41, 5.74) is 1.64. The molecule has 0 heterocycles. The van der Waals surface area contributed by atoms with Gasteiger partial charge in [-0.2, -0.15) is 9.59 Å². The van der Waals surface area contributed by atoms with Gasteiger partial charge in [-0.3, -0.25) is 9.59 Å². The van der Waals surface area contributed by atoms with Crippen LogP contribution in [0.25, 0.3) is 0 Å². The van der Waals surface area contributed by atoms with Crippen LogP contribution in [0.5, 0.6) is 0 Å². The maximum atomic E-state index is 12.0. The zero-order valence-corrected chi connectivity index (χ0v) is 19.2. The predicted octanol–water partition coefficient (Wildman–Crippen LogP) is 3.44. The summed E-state index contributed by atoms with van der Waals surface area (Å²) < 4.78 is 10.1. The molecule has 0 aromatic heterocycles. The summed E-state index contributed by atoms with van der Waals surface area (Å²) >= 11 is 0. The van der Waals surface area contributed by atoms with Crippen LogP contribution in [0.3, 0.4) is 0 Å². The van der Waals surface area contributed by atoms with Gasteiger partial charge in [-0.25, -0.2) is 0 Å². The molecule has 0 saturated carbocycles. The number of nitrogens with one attached hydrogen (secondary N) is 1. The Hall–Kier alpha value is -2.50. The number of rotatable bonds is 8. The van der Waals surface area contributed by atoms with Gasteiger partial charge in [-0.15, -0.1) is 0 Å². The lowest BCUT2D eigenvalue weighted by Crippen LogP contribution is -2.40. The van der Waals surface area contributed by atoms with Gasteiger partial charge in [0.05, 0.1) is 13.5 Å². The lowest BCUT2D eigenvalue weighted by molar-refractivity contribution is -0.191. The predicted molar refractivity (Wildman–Crippen MR) is 112 cm³/mol. The number of ether oxygens (including phenoxy) is 2. The Morgan fingerprint density at radius 2 is 1.47 bits per heavy atom. The summed E-state index contributed by atoms with van der Waals surface area (Å²) in [6.45, 7) is 12.9. The van der Waals surface area contributed by atoms with Crippen LogP contribution in [0, 0.1) is 5.41 Å². The Morgan fingerprint density at radius 3 is 1.90 bits per heavy atom. The third-order valence-corrected chi connectivity index (χ3v) is 4.25. The second-order valence-electron chi connectivity index (χ2n) is 9.08. The van der Waals surface area contributed by atoms with E-state index in [2.05, 4.69) is 30.8 Å². The topological polar surface area (TPSA) is 98.8 Å². The van der Waals surface area contributed by atoms with Gasteiger partial charge in [-0.05, 0) is 43.7 Å². The van der Waals surface area contributed by atoms with Crippen LogP contribution in [0.1, 0.15) is 65.5 Å². The molecule has 0 unspecified atom stereocenters. The Balaban J connectivity index is 0.00000263. The number of esters is 2. The standard InChI is InChI=1S/C22H35NO4.CO2/c1-21(2,3)18(12-13-19(24)27-22(4,5)6)23-15-17-10-8-16(9-11-17)14-20(25)26-7;2-1-3/h8-11,18,23H,12-15H2,1-7H3;/t18-;/m1./s1. The molecule has 0 bridgehead atoms. The van der Waals surface area contributed by atoms with Gasteiger partial charge in [0, 0.05) is 19.0 Å². The lowest BCUT2D eigenvalue weighted by Gasteiger charge is -2.32. The van der Waals surface area contributed by atoms with Crippen LogP contribution in [0.2, 0.25) is 0 Å². The lowest BCUT2D eigenvalue weighted by atomic mass is 9.84. The maximum absolute atomic E-state index is 12.0. The van der Waals surface area contributed by atoms with Gasteiger partial charge >= 0.3 is 18.1 Å². The molecule has 7 nitrogen and oxygen atoms in total. The summed E-state index contributed by atoms with van der Waals surface area (Å²) in [6.07, 6.45) is 1.65. The van der Waals surface area contributed by atoms with E-state index in [1.807, 2.05) is 45.0 Å². The van der Waals surface area contributed by atoms with E-state index in [9.17, 15) is 9.59 Å². The van der Waals surface area contributed by atoms with E-state index >= 15 is 0 Å². The minimum atomic E-state index is -0.451. The minimum absolute atomic E-state index is 0.0207. The van der Waals surface area contributed by atoms with Gasteiger partial charge in [0.25, 0.3) is 0 Å². The fourth-order valence-electron chi connectivity index (χ4n) is 2.75. The molecule has 168 valence electrons. The number of carbonyl (C=O) groups excluding carboxylic acids is 4. The first-order valence-electron chi connectivity index (χ1n) is 9.91. The van der Waals surface area contributed by atoms with Crippen LogP contribution in [-0.2, 0) is 41.6 Å². The molecule has 0 spiro atoms. The van der Waals surface area contributed by atoms with E-state index < -0.39 is 5.60 Å². The molecule has 1 atom stereocenters. The maximum Gasteiger partial charge on any atom is 0.373 e. The molecule has 0 radical (unpaired) electrons. The first-order chi connectivity index (χ1) is 13.8. The first-order valence-corrected chi connectivity index (χ1v) is 9.91. The third kappa shape index (κ3) is 12.9. The molecule has 0 saturated heterocycles. The Bertz CT molecular complexity index is 692. The number of methoxy groups -OCH3 is 1. The van der Waals surface area contributed by atoms with Gasteiger partial charge in [0.2, 0.25) is 0 Å².